The van der Waals surface area contributed by atoms with E-state index in [9.17, 15) is 9.59 Å². The number of hydrogen-bond donors (Lipinski definition) is 2. The van der Waals surface area contributed by atoms with Crippen molar-refractivity contribution in [2.24, 2.45) is 0 Å². The number of imidazole rings is 1. The van der Waals surface area contributed by atoms with E-state index in [2.05, 4.69) is 20.3 Å². The van der Waals surface area contributed by atoms with Crippen LogP contribution in [0.1, 0.15) is 10.4 Å². The van der Waals surface area contributed by atoms with Gasteiger partial charge in [0.05, 0.1) is 27.3 Å². The van der Waals surface area contributed by atoms with E-state index >= 15 is 0 Å². The molecule has 0 fully saturated rings. The van der Waals surface area contributed by atoms with Crippen LogP contribution in [0.15, 0.2) is 67.0 Å². The van der Waals surface area contributed by atoms with E-state index < -0.39 is 18.5 Å². The highest BCUT2D eigenvalue weighted by Gasteiger charge is 2.13. The Labute approximate surface area is 170 Å². The summed E-state index contributed by atoms with van der Waals surface area (Å²) in [5, 5.41) is 3.00. The van der Waals surface area contributed by atoms with Gasteiger partial charge in [-0.2, -0.15) is 0 Å². The molecule has 144 valence electrons. The highest BCUT2D eigenvalue weighted by molar-refractivity contribution is 6.33. The summed E-state index contributed by atoms with van der Waals surface area (Å²) >= 11 is 5.99. The fourth-order valence-corrected chi connectivity index (χ4v) is 2.92. The first-order valence-corrected chi connectivity index (χ1v) is 9.09. The first-order chi connectivity index (χ1) is 14.1. The number of carbonyl (C=O) groups excluding carboxylic acids is 2. The van der Waals surface area contributed by atoms with Gasteiger partial charge in [-0.1, -0.05) is 23.7 Å². The molecule has 0 saturated heterocycles. The predicted molar refractivity (Wildman–Crippen MR) is 110 cm³/mol. The Hall–Kier alpha value is -3.71. The number of nitrogens with zero attached hydrogens (tertiary/aromatic N) is 2. The summed E-state index contributed by atoms with van der Waals surface area (Å²) in [7, 11) is 0. The molecule has 0 aliphatic rings. The van der Waals surface area contributed by atoms with Crippen LogP contribution in [0.2, 0.25) is 5.02 Å². The molecule has 0 unspecified atom stereocenters. The normalized spacial score (nSPS) is 10.7. The summed E-state index contributed by atoms with van der Waals surface area (Å²) in [6.07, 6.45) is 3.38. The number of pyridine rings is 1. The molecule has 0 aliphatic carbocycles. The van der Waals surface area contributed by atoms with Crippen LogP contribution in [0.3, 0.4) is 0 Å². The summed E-state index contributed by atoms with van der Waals surface area (Å²) in [6, 6.07) is 15.5. The lowest BCUT2D eigenvalue weighted by Gasteiger charge is -2.08. The number of hydrogen-bond acceptors (Lipinski definition) is 5. The number of carbonyl (C=O) groups is 2. The summed E-state index contributed by atoms with van der Waals surface area (Å²) in [5.74, 6) is -0.440. The molecule has 0 aliphatic heterocycles. The molecule has 0 atom stereocenters. The minimum absolute atomic E-state index is 0.310. The van der Waals surface area contributed by atoms with E-state index in [0.717, 1.165) is 5.56 Å². The zero-order valence-corrected chi connectivity index (χ0v) is 15.8. The van der Waals surface area contributed by atoms with E-state index in [0.29, 0.717) is 33.1 Å². The predicted octanol–water partition coefficient (Wildman–Crippen LogP) is 4.07. The van der Waals surface area contributed by atoms with E-state index in [1.165, 1.54) is 0 Å². The van der Waals surface area contributed by atoms with Gasteiger partial charge in [0.1, 0.15) is 5.82 Å². The van der Waals surface area contributed by atoms with Crippen LogP contribution in [0.4, 0.5) is 5.69 Å². The Morgan fingerprint density at radius 2 is 1.97 bits per heavy atom. The Morgan fingerprint density at radius 3 is 2.76 bits per heavy atom. The highest BCUT2D eigenvalue weighted by atomic mass is 35.5. The number of amides is 1. The molecule has 4 aromatic rings. The molecule has 0 radical (unpaired) electrons. The molecule has 2 N–H and O–H groups in total. The minimum Gasteiger partial charge on any atom is -0.452 e. The number of halogens is 1. The van der Waals surface area contributed by atoms with Gasteiger partial charge in [-0.25, -0.2) is 9.78 Å². The third kappa shape index (κ3) is 4.25. The summed E-state index contributed by atoms with van der Waals surface area (Å²) in [5.41, 5.74) is 2.99. The van der Waals surface area contributed by atoms with Crippen molar-refractivity contribution >= 4 is 40.2 Å². The quantitative estimate of drug-likeness (QED) is 0.487. The van der Waals surface area contributed by atoms with Gasteiger partial charge < -0.3 is 15.0 Å². The molecule has 2 heterocycles. The molecule has 8 heteroatoms. The average molecular weight is 407 g/mol. The topological polar surface area (TPSA) is 97.0 Å². The van der Waals surface area contributed by atoms with Crippen molar-refractivity contribution in [1.29, 1.82) is 0 Å². The van der Waals surface area contributed by atoms with Crippen LogP contribution in [0.25, 0.3) is 22.4 Å². The molecule has 0 saturated carbocycles. The molecule has 0 spiro atoms. The number of aromatic amines is 1. The molecule has 1 amide bonds. The summed E-state index contributed by atoms with van der Waals surface area (Å²) in [6.45, 7) is -0.425. The van der Waals surface area contributed by atoms with Gasteiger partial charge in [-0.05, 0) is 42.5 Å². The van der Waals surface area contributed by atoms with E-state index in [1.54, 1.807) is 54.9 Å². The molecule has 29 heavy (non-hydrogen) atoms. The number of fused-ring (bicyclic) bond motifs is 1. The van der Waals surface area contributed by atoms with E-state index in [4.69, 9.17) is 16.3 Å². The molecular formula is C21H15ClN4O3. The third-order valence-corrected chi connectivity index (χ3v) is 4.46. The summed E-state index contributed by atoms with van der Waals surface area (Å²) < 4.78 is 5.10. The number of esters is 1. The second-order valence-electron chi connectivity index (χ2n) is 6.16. The Morgan fingerprint density at radius 1 is 1.10 bits per heavy atom. The zero-order valence-electron chi connectivity index (χ0n) is 15.1. The summed E-state index contributed by atoms with van der Waals surface area (Å²) in [4.78, 5) is 36.0. The third-order valence-electron chi connectivity index (χ3n) is 4.13. The number of benzene rings is 2. The lowest BCUT2D eigenvalue weighted by molar-refractivity contribution is -0.119. The maximum Gasteiger partial charge on any atom is 0.338 e. The van der Waals surface area contributed by atoms with Gasteiger partial charge in [0, 0.05) is 18.0 Å². The van der Waals surface area contributed by atoms with Gasteiger partial charge >= 0.3 is 5.97 Å². The van der Waals surface area contributed by atoms with Crippen LogP contribution < -0.4 is 5.32 Å². The fraction of sp³-hybridized carbons (Fsp3) is 0.0476. The standard InChI is InChI=1S/C21H15ClN4O3/c22-15-5-1-2-6-16(15)24-19(27)12-29-21(28)13-7-8-17-18(10-13)26-20(25-17)14-4-3-9-23-11-14/h1-11H,12H2,(H,24,27)(H,25,26). The minimum atomic E-state index is -0.612. The maximum atomic E-state index is 12.3. The molecule has 0 bridgehead atoms. The molecule has 4 rings (SSSR count). The van der Waals surface area contributed by atoms with Gasteiger partial charge in [0.15, 0.2) is 6.61 Å². The van der Waals surface area contributed by atoms with Crippen molar-refractivity contribution in [2.75, 3.05) is 11.9 Å². The van der Waals surface area contributed by atoms with E-state index in [1.807, 2.05) is 12.1 Å². The van der Waals surface area contributed by atoms with Crippen LogP contribution in [-0.4, -0.2) is 33.4 Å². The number of ether oxygens (including phenoxy) is 1. The molecule has 2 aromatic heterocycles. The number of aromatic nitrogens is 3. The number of H-pyrrole nitrogens is 1. The maximum absolute atomic E-state index is 12.3. The Balaban J connectivity index is 1.43. The Bertz CT molecular complexity index is 1190. The number of para-hydroxylation sites is 1. The fourth-order valence-electron chi connectivity index (χ4n) is 2.74. The zero-order chi connectivity index (χ0) is 20.2. The van der Waals surface area contributed by atoms with Crippen molar-refractivity contribution in [2.45, 2.75) is 0 Å². The van der Waals surface area contributed by atoms with Gasteiger partial charge in [-0.15, -0.1) is 0 Å². The van der Waals surface area contributed by atoms with Crippen LogP contribution in [0, 0.1) is 0 Å². The second kappa shape index (κ2) is 8.12. The van der Waals surface area contributed by atoms with E-state index in [-0.39, 0.29) is 0 Å². The van der Waals surface area contributed by atoms with Crippen molar-refractivity contribution in [3.8, 4) is 11.4 Å². The largest absolute Gasteiger partial charge is 0.452 e. The van der Waals surface area contributed by atoms with Crippen LogP contribution in [-0.2, 0) is 9.53 Å². The van der Waals surface area contributed by atoms with Gasteiger partial charge in [0.2, 0.25) is 0 Å². The smallest absolute Gasteiger partial charge is 0.338 e. The first kappa shape index (κ1) is 18.6. The first-order valence-electron chi connectivity index (χ1n) is 8.72. The average Bonchev–Trinajstić information content (AvgIpc) is 3.18. The lowest BCUT2D eigenvalue weighted by Crippen LogP contribution is -2.21. The molecule has 7 nitrogen and oxygen atoms in total. The second-order valence-corrected chi connectivity index (χ2v) is 6.57. The Kier molecular flexibility index (Phi) is 5.22. The lowest BCUT2D eigenvalue weighted by atomic mass is 10.2. The SMILES string of the molecule is O=C(COC(=O)c1ccc2nc(-c3cccnc3)[nH]c2c1)Nc1ccccc1Cl. The van der Waals surface area contributed by atoms with Gasteiger partial charge in [-0.3, -0.25) is 9.78 Å². The number of rotatable bonds is 5. The molecular weight excluding hydrogens is 392 g/mol. The van der Waals surface area contributed by atoms with Crippen molar-refractivity contribution in [3.05, 3.63) is 77.6 Å². The van der Waals surface area contributed by atoms with Crippen LogP contribution in [0.5, 0.6) is 0 Å². The van der Waals surface area contributed by atoms with Crippen molar-refractivity contribution < 1.29 is 14.3 Å². The van der Waals surface area contributed by atoms with Crippen LogP contribution >= 0.6 is 11.6 Å². The molecule has 2 aromatic carbocycles. The highest BCUT2D eigenvalue weighted by Crippen LogP contribution is 2.22. The van der Waals surface area contributed by atoms with Crippen molar-refractivity contribution in [1.82, 2.24) is 15.0 Å². The van der Waals surface area contributed by atoms with Crippen molar-refractivity contribution in [3.63, 3.8) is 0 Å². The van der Waals surface area contributed by atoms with Gasteiger partial charge in [0.25, 0.3) is 5.91 Å². The number of nitrogens with one attached hydrogen (secondary N) is 2. The monoisotopic (exact) mass is 406 g/mol. The number of anilines is 1.